The summed E-state index contributed by atoms with van der Waals surface area (Å²) in [5.41, 5.74) is 1.07. The summed E-state index contributed by atoms with van der Waals surface area (Å²) in [6.07, 6.45) is 4.94. The Hall–Kier alpha value is -3.59. The number of carbonyl (C=O) groups is 2. The van der Waals surface area contributed by atoms with Gasteiger partial charge in [0.1, 0.15) is 17.0 Å². The fraction of sp³-hybridized carbons (Fsp3) is 0.217. The standard InChI is InChI=1S/C23H22FN3O4S/c1-2-31-22(29)14-21-27(23(30)19(32-21)13-18-5-3-4-11-25-18)15-20(28)26-12-10-16-6-8-17(24)9-7-16/h3-9,11,13-14H,2,10,12,15H2,1H3,(H,26,28)/b19-13+,21-14-. The molecule has 0 aliphatic rings. The Labute approximate surface area is 187 Å². The highest BCUT2D eigenvalue weighted by atomic mass is 32.1. The van der Waals surface area contributed by atoms with Gasteiger partial charge in [0.25, 0.3) is 5.56 Å². The minimum absolute atomic E-state index is 0.196. The molecular weight excluding hydrogens is 433 g/mol. The quantitative estimate of drug-likeness (QED) is 0.512. The molecule has 0 spiro atoms. The van der Waals surface area contributed by atoms with E-state index in [1.807, 2.05) is 0 Å². The molecule has 0 fully saturated rings. The molecule has 0 radical (unpaired) electrons. The average Bonchev–Trinajstić information content (AvgIpc) is 3.04. The van der Waals surface area contributed by atoms with Gasteiger partial charge in [-0.2, -0.15) is 0 Å². The molecule has 0 aliphatic carbocycles. The van der Waals surface area contributed by atoms with Crippen LogP contribution in [0.15, 0.2) is 53.5 Å². The lowest BCUT2D eigenvalue weighted by Crippen LogP contribution is -2.38. The van der Waals surface area contributed by atoms with Gasteiger partial charge in [-0.15, -0.1) is 11.3 Å². The number of thiazole rings is 1. The molecule has 1 aromatic carbocycles. The summed E-state index contributed by atoms with van der Waals surface area (Å²) >= 11 is 1.08. The van der Waals surface area contributed by atoms with Crippen molar-refractivity contribution in [3.05, 3.63) is 85.3 Å². The Morgan fingerprint density at radius 1 is 1.22 bits per heavy atom. The third kappa shape index (κ3) is 6.45. The molecule has 0 unspecified atom stereocenters. The van der Waals surface area contributed by atoms with Crippen LogP contribution in [0.2, 0.25) is 0 Å². The summed E-state index contributed by atoms with van der Waals surface area (Å²) in [5, 5.41) is 2.75. The highest BCUT2D eigenvalue weighted by Crippen LogP contribution is 2.02. The Bertz CT molecular complexity index is 1250. The predicted octanol–water partition coefficient (Wildman–Crippen LogP) is 0.975. The van der Waals surface area contributed by atoms with Crippen LogP contribution in [0.25, 0.3) is 12.2 Å². The summed E-state index contributed by atoms with van der Waals surface area (Å²) in [5.74, 6) is -1.29. The van der Waals surface area contributed by atoms with Crippen molar-refractivity contribution < 1.29 is 18.7 Å². The lowest BCUT2D eigenvalue weighted by molar-refractivity contribution is -0.135. The van der Waals surface area contributed by atoms with Crippen LogP contribution in [0.3, 0.4) is 0 Å². The van der Waals surface area contributed by atoms with Crippen molar-refractivity contribution >= 4 is 35.4 Å². The van der Waals surface area contributed by atoms with Crippen LogP contribution in [0, 0.1) is 5.82 Å². The zero-order chi connectivity index (χ0) is 22.9. The van der Waals surface area contributed by atoms with Crippen molar-refractivity contribution in [3.8, 4) is 0 Å². The van der Waals surface area contributed by atoms with Crippen LogP contribution in [0.4, 0.5) is 4.39 Å². The maximum absolute atomic E-state index is 13.0. The van der Waals surface area contributed by atoms with Crippen molar-refractivity contribution in [2.24, 2.45) is 0 Å². The molecular formula is C23H22FN3O4S. The third-order valence-corrected chi connectivity index (χ3v) is 5.44. The van der Waals surface area contributed by atoms with Crippen molar-refractivity contribution in [2.75, 3.05) is 13.2 Å². The van der Waals surface area contributed by atoms with Crippen LogP contribution >= 0.6 is 11.3 Å². The van der Waals surface area contributed by atoms with Gasteiger partial charge in [0.05, 0.1) is 22.9 Å². The smallest absolute Gasteiger partial charge is 0.333 e. The van der Waals surface area contributed by atoms with Gasteiger partial charge in [-0.1, -0.05) is 18.2 Å². The molecule has 0 saturated heterocycles. The van der Waals surface area contributed by atoms with E-state index < -0.39 is 11.5 Å². The summed E-state index contributed by atoms with van der Waals surface area (Å²) in [6, 6.07) is 11.3. The zero-order valence-electron chi connectivity index (χ0n) is 17.4. The van der Waals surface area contributed by atoms with E-state index >= 15 is 0 Å². The molecule has 0 atom stereocenters. The van der Waals surface area contributed by atoms with Crippen molar-refractivity contribution in [1.29, 1.82) is 0 Å². The van der Waals surface area contributed by atoms with E-state index in [2.05, 4.69) is 10.3 Å². The number of nitrogens with zero attached hydrogens (tertiary/aromatic N) is 2. The minimum Gasteiger partial charge on any atom is -0.463 e. The number of carbonyl (C=O) groups excluding carboxylic acids is 2. The molecule has 3 rings (SSSR count). The molecule has 2 aromatic heterocycles. The van der Waals surface area contributed by atoms with Gasteiger partial charge in [0.15, 0.2) is 0 Å². The molecule has 32 heavy (non-hydrogen) atoms. The van der Waals surface area contributed by atoms with Crippen LogP contribution < -0.4 is 20.1 Å². The lowest BCUT2D eigenvalue weighted by Gasteiger charge is -2.06. The SMILES string of the molecule is CCOC(=O)/C=c1\s/c(=C/c2ccccn2)c(=O)n1CC(=O)NCCc1ccc(F)cc1. The Kier molecular flexibility index (Phi) is 8.04. The van der Waals surface area contributed by atoms with Gasteiger partial charge in [-0.05, 0) is 49.2 Å². The molecule has 0 aliphatic heterocycles. The van der Waals surface area contributed by atoms with E-state index in [9.17, 15) is 18.8 Å². The first-order valence-electron chi connectivity index (χ1n) is 9.98. The summed E-state index contributed by atoms with van der Waals surface area (Å²) in [6.45, 7) is 1.96. The first kappa shape index (κ1) is 23.1. The zero-order valence-corrected chi connectivity index (χ0v) is 18.2. The summed E-state index contributed by atoms with van der Waals surface area (Å²) in [7, 11) is 0. The van der Waals surface area contributed by atoms with E-state index in [0.717, 1.165) is 16.9 Å². The van der Waals surface area contributed by atoms with Gasteiger partial charge < -0.3 is 10.1 Å². The van der Waals surface area contributed by atoms with Crippen LogP contribution in [-0.4, -0.2) is 34.6 Å². The third-order valence-electron chi connectivity index (χ3n) is 4.38. The molecule has 1 amide bonds. The second kappa shape index (κ2) is 11.1. The number of ether oxygens (including phenoxy) is 1. The van der Waals surface area contributed by atoms with Gasteiger partial charge in [-0.3, -0.25) is 19.1 Å². The first-order chi connectivity index (χ1) is 15.5. The van der Waals surface area contributed by atoms with Crippen molar-refractivity contribution in [1.82, 2.24) is 14.9 Å². The number of aromatic nitrogens is 2. The number of esters is 1. The molecule has 0 bridgehead atoms. The molecule has 1 N–H and O–H groups in total. The maximum Gasteiger partial charge on any atom is 0.333 e. The van der Waals surface area contributed by atoms with Crippen molar-refractivity contribution in [3.63, 3.8) is 0 Å². The summed E-state index contributed by atoms with van der Waals surface area (Å²) < 4.78 is 19.8. The largest absolute Gasteiger partial charge is 0.463 e. The van der Waals surface area contributed by atoms with Crippen LogP contribution in [-0.2, 0) is 27.3 Å². The number of halogens is 1. The van der Waals surface area contributed by atoms with Crippen LogP contribution in [0.5, 0.6) is 0 Å². The molecule has 3 aromatic rings. The highest BCUT2D eigenvalue weighted by molar-refractivity contribution is 7.07. The van der Waals surface area contributed by atoms with E-state index in [-0.39, 0.29) is 24.9 Å². The highest BCUT2D eigenvalue weighted by Gasteiger charge is 2.11. The van der Waals surface area contributed by atoms with E-state index in [4.69, 9.17) is 4.74 Å². The molecule has 0 saturated carbocycles. The van der Waals surface area contributed by atoms with Gasteiger partial charge in [0.2, 0.25) is 5.91 Å². The number of hydrogen-bond donors (Lipinski definition) is 1. The molecule has 7 nitrogen and oxygen atoms in total. The number of rotatable bonds is 8. The monoisotopic (exact) mass is 455 g/mol. The number of hydrogen-bond acceptors (Lipinski definition) is 6. The Morgan fingerprint density at radius 3 is 2.69 bits per heavy atom. The van der Waals surface area contributed by atoms with Crippen molar-refractivity contribution in [2.45, 2.75) is 19.9 Å². The number of nitrogens with one attached hydrogen (secondary N) is 1. The topological polar surface area (TPSA) is 90.3 Å². The van der Waals surface area contributed by atoms with E-state index in [1.165, 1.54) is 22.8 Å². The molecule has 166 valence electrons. The fourth-order valence-electron chi connectivity index (χ4n) is 2.87. The number of benzene rings is 1. The van der Waals surface area contributed by atoms with E-state index in [1.54, 1.807) is 49.5 Å². The number of pyridine rings is 1. The van der Waals surface area contributed by atoms with E-state index in [0.29, 0.717) is 27.9 Å². The number of amides is 1. The van der Waals surface area contributed by atoms with Gasteiger partial charge >= 0.3 is 5.97 Å². The van der Waals surface area contributed by atoms with Gasteiger partial charge in [0, 0.05) is 12.7 Å². The molecule has 2 heterocycles. The second-order valence-corrected chi connectivity index (χ2v) is 7.78. The predicted molar refractivity (Wildman–Crippen MR) is 120 cm³/mol. The minimum atomic E-state index is -0.594. The van der Waals surface area contributed by atoms with Gasteiger partial charge in [-0.25, -0.2) is 9.18 Å². The lowest BCUT2D eigenvalue weighted by atomic mass is 10.1. The second-order valence-electron chi connectivity index (χ2n) is 6.72. The maximum atomic E-state index is 13.0. The fourth-order valence-corrected chi connectivity index (χ4v) is 3.89. The molecule has 9 heteroatoms. The average molecular weight is 456 g/mol. The van der Waals surface area contributed by atoms with Crippen LogP contribution in [0.1, 0.15) is 18.2 Å². The summed E-state index contributed by atoms with van der Waals surface area (Å²) in [4.78, 5) is 41.5. The Balaban J connectivity index is 1.81. The first-order valence-corrected chi connectivity index (χ1v) is 10.8. The Morgan fingerprint density at radius 2 is 2.00 bits per heavy atom. The normalized spacial score (nSPS) is 12.1.